The lowest BCUT2D eigenvalue weighted by Crippen LogP contribution is -2.53. The summed E-state index contributed by atoms with van der Waals surface area (Å²) in [6.07, 6.45) is 2.53. The van der Waals surface area contributed by atoms with Crippen LogP contribution in [0.4, 0.5) is 11.9 Å². The Balaban J connectivity index is 1.75. The van der Waals surface area contributed by atoms with Crippen molar-refractivity contribution in [3.8, 4) is 6.01 Å². The first-order valence-corrected chi connectivity index (χ1v) is 6.75. The molecule has 0 spiro atoms. The van der Waals surface area contributed by atoms with E-state index in [0.717, 1.165) is 12.5 Å². The smallest absolute Gasteiger partial charge is 0.322 e. The van der Waals surface area contributed by atoms with Crippen LogP contribution in [0.15, 0.2) is 0 Å². The largest absolute Gasteiger partial charge is 0.467 e. The van der Waals surface area contributed by atoms with E-state index in [-0.39, 0.29) is 0 Å². The Bertz CT molecular complexity index is 424. The summed E-state index contributed by atoms with van der Waals surface area (Å²) in [6.45, 7) is 3.53. The maximum absolute atomic E-state index is 5.10. The number of aromatic nitrogens is 3. The van der Waals surface area contributed by atoms with Crippen molar-refractivity contribution in [2.75, 3.05) is 44.4 Å². The summed E-state index contributed by atoms with van der Waals surface area (Å²) >= 11 is 0. The lowest BCUT2D eigenvalue weighted by Gasteiger charge is -2.44. The van der Waals surface area contributed by atoms with Gasteiger partial charge in [-0.3, -0.25) is 0 Å². The Kier molecular flexibility index (Phi) is 3.37. The molecule has 4 heterocycles. The molecular weight excluding hydrogens is 244 g/mol. The third kappa shape index (κ3) is 2.56. The second kappa shape index (κ2) is 5.16. The Morgan fingerprint density at radius 1 is 1.16 bits per heavy atom. The van der Waals surface area contributed by atoms with Gasteiger partial charge in [-0.25, -0.2) is 0 Å². The van der Waals surface area contributed by atoms with Crippen LogP contribution in [0.3, 0.4) is 0 Å². The van der Waals surface area contributed by atoms with E-state index in [1.807, 2.05) is 0 Å². The second-order valence-electron chi connectivity index (χ2n) is 5.11. The van der Waals surface area contributed by atoms with Crippen molar-refractivity contribution in [1.29, 1.82) is 0 Å². The highest BCUT2D eigenvalue weighted by Crippen LogP contribution is 2.29. The molecular formula is C12H20N6O. The predicted molar refractivity (Wildman–Crippen MR) is 72.5 cm³/mol. The molecule has 2 bridgehead atoms. The van der Waals surface area contributed by atoms with Gasteiger partial charge in [0.15, 0.2) is 0 Å². The monoisotopic (exact) mass is 264 g/mol. The molecule has 3 fully saturated rings. The van der Waals surface area contributed by atoms with Gasteiger partial charge in [0.2, 0.25) is 11.9 Å². The van der Waals surface area contributed by atoms with E-state index in [2.05, 4.69) is 30.5 Å². The highest BCUT2D eigenvalue weighted by Gasteiger charge is 2.34. The molecule has 104 valence electrons. The minimum absolute atomic E-state index is 0.336. The molecule has 3 aliphatic rings. The van der Waals surface area contributed by atoms with Crippen LogP contribution < -0.4 is 15.4 Å². The molecule has 0 saturated carbocycles. The number of hydrogen-bond donors (Lipinski definition) is 2. The van der Waals surface area contributed by atoms with E-state index < -0.39 is 0 Å². The van der Waals surface area contributed by atoms with E-state index in [1.54, 1.807) is 14.2 Å². The van der Waals surface area contributed by atoms with E-state index in [1.165, 1.54) is 25.9 Å². The van der Waals surface area contributed by atoms with Crippen LogP contribution in [0.2, 0.25) is 0 Å². The first kappa shape index (κ1) is 12.4. The van der Waals surface area contributed by atoms with Crippen LogP contribution >= 0.6 is 0 Å². The van der Waals surface area contributed by atoms with Gasteiger partial charge in [0.05, 0.1) is 7.11 Å². The van der Waals surface area contributed by atoms with Crippen LogP contribution in [-0.4, -0.2) is 59.7 Å². The van der Waals surface area contributed by atoms with Crippen molar-refractivity contribution >= 4 is 11.9 Å². The summed E-state index contributed by atoms with van der Waals surface area (Å²) < 4.78 is 5.10. The topological polar surface area (TPSA) is 75.2 Å². The first-order chi connectivity index (χ1) is 9.28. The number of nitrogens with one attached hydrogen (secondary N) is 2. The molecule has 3 saturated heterocycles. The SMILES string of the molecule is CNc1nc(NC2CN3CCC2CC3)nc(OC)n1. The van der Waals surface area contributed by atoms with Crippen LogP contribution in [0, 0.1) is 5.92 Å². The Morgan fingerprint density at radius 2 is 1.89 bits per heavy atom. The van der Waals surface area contributed by atoms with Gasteiger partial charge in [0.25, 0.3) is 0 Å². The highest BCUT2D eigenvalue weighted by molar-refractivity contribution is 5.36. The van der Waals surface area contributed by atoms with E-state index in [4.69, 9.17) is 4.74 Å². The van der Waals surface area contributed by atoms with E-state index in [9.17, 15) is 0 Å². The number of anilines is 2. The average molecular weight is 264 g/mol. The van der Waals surface area contributed by atoms with Crippen LogP contribution in [0.25, 0.3) is 0 Å². The van der Waals surface area contributed by atoms with Gasteiger partial charge in [-0.2, -0.15) is 15.0 Å². The fourth-order valence-electron chi connectivity index (χ4n) is 2.92. The maximum Gasteiger partial charge on any atom is 0.322 e. The zero-order valence-corrected chi connectivity index (χ0v) is 11.4. The summed E-state index contributed by atoms with van der Waals surface area (Å²) in [6, 6.07) is 0.766. The predicted octanol–water partition coefficient (Wildman–Crippen LogP) is 0.428. The molecule has 7 heteroatoms. The lowest BCUT2D eigenvalue weighted by molar-refractivity contribution is 0.0972. The minimum Gasteiger partial charge on any atom is -0.467 e. The zero-order chi connectivity index (χ0) is 13.2. The highest BCUT2D eigenvalue weighted by atomic mass is 16.5. The van der Waals surface area contributed by atoms with Gasteiger partial charge in [0.1, 0.15) is 0 Å². The molecule has 0 aliphatic carbocycles. The molecule has 0 aromatic carbocycles. The number of nitrogens with zero attached hydrogens (tertiary/aromatic N) is 4. The van der Waals surface area contributed by atoms with E-state index >= 15 is 0 Å². The van der Waals surface area contributed by atoms with Gasteiger partial charge in [-0.1, -0.05) is 0 Å². The Labute approximate surface area is 112 Å². The Morgan fingerprint density at radius 3 is 2.47 bits per heavy atom. The lowest BCUT2D eigenvalue weighted by atomic mass is 9.84. The fraction of sp³-hybridized carbons (Fsp3) is 0.750. The van der Waals surface area contributed by atoms with Crippen molar-refractivity contribution in [3.63, 3.8) is 0 Å². The quantitative estimate of drug-likeness (QED) is 0.816. The third-order valence-electron chi connectivity index (χ3n) is 3.99. The number of rotatable bonds is 4. The molecule has 1 aromatic heterocycles. The number of fused-ring (bicyclic) bond motifs is 3. The third-order valence-corrected chi connectivity index (χ3v) is 3.99. The number of methoxy groups -OCH3 is 1. The first-order valence-electron chi connectivity index (χ1n) is 6.75. The summed E-state index contributed by atoms with van der Waals surface area (Å²) in [5.74, 6) is 1.84. The second-order valence-corrected chi connectivity index (χ2v) is 5.11. The minimum atomic E-state index is 0.336. The zero-order valence-electron chi connectivity index (χ0n) is 11.4. The molecule has 19 heavy (non-hydrogen) atoms. The van der Waals surface area contributed by atoms with Gasteiger partial charge in [0, 0.05) is 19.6 Å². The van der Waals surface area contributed by atoms with Crippen molar-refractivity contribution in [2.24, 2.45) is 5.92 Å². The van der Waals surface area contributed by atoms with Crippen molar-refractivity contribution in [3.05, 3.63) is 0 Å². The van der Waals surface area contributed by atoms with Gasteiger partial charge < -0.3 is 20.3 Å². The van der Waals surface area contributed by atoms with Gasteiger partial charge in [-0.15, -0.1) is 0 Å². The summed E-state index contributed by atoms with van der Waals surface area (Å²) in [4.78, 5) is 15.2. The number of piperidine rings is 3. The van der Waals surface area contributed by atoms with Gasteiger partial charge in [-0.05, 0) is 31.8 Å². The van der Waals surface area contributed by atoms with Crippen LogP contribution in [-0.2, 0) is 0 Å². The average Bonchev–Trinajstić information content (AvgIpc) is 2.48. The normalized spacial score (nSPS) is 29.1. The summed E-state index contributed by atoms with van der Waals surface area (Å²) in [5.41, 5.74) is 0. The molecule has 3 aliphatic heterocycles. The van der Waals surface area contributed by atoms with Crippen LogP contribution in [0.1, 0.15) is 12.8 Å². The molecule has 0 radical (unpaired) electrons. The molecule has 0 amide bonds. The van der Waals surface area contributed by atoms with Gasteiger partial charge >= 0.3 is 6.01 Å². The molecule has 1 aromatic rings. The molecule has 1 atom stereocenters. The fourth-order valence-corrected chi connectivity index (χ4v) is 2.92. The van der Waals surface area contributed by atoms with Crippen molar-refractivity contribution in [1.82, 2.24) is 19.9 Å². The van der Waals surface area contributed by atoms with E-state index in [0.29, 0.717) is 23.9 Å². The number of hydrogen-bond acceptors (Lipinski definition) is 7. The van der Waals surface area contributed by atoms with Crippen molar-refractivity contribution < 1.29 is 4.74 Å². The molecule has 1 unspecified atom stereocenters. The van der Waals surface area contributed by atoms with Crippen LogP contribution in [0.5, 0.6) is 6.01 Å². The summed E-state index contributed by atoms with van der Waals surface area (Å²) in [7, 11) is 3.35. The molecule has 2 N–H and O–H groups in total. The van der Waals surface area contributed by atoms with Crippen molar-refractivity contribution in [2.45, 2.75) is 18.9 Å². The number of ether oxygens (including phenoxy) is 1. The maximum atomic E-state index is 5.10. The summed E-state index contributed by atoms with van der Waals surface area (Å²) in [5, 5.41) is 6.36. The molecule has 4 rings (SSSR count). The Hall–Kier alpha value is -1.63. The standard InChI is InChI=1S/C12H20N6O/c1-13-10-15-11(17-12(16-10)19-2)14-9-7-18-5-3-8(9)4-6-18/h8-9H,3-7H2,1-2H3,(H2,13,14,15,16,17). The molecule has 7 nitrogen and oxygen atoms in total.